The van der Waals surface area contributed by atoms with E-state index in [2.05, 4.69) is 15.3 Å². The number of fused-ring (bicyclic) bond motifs is 1. The monoisotopic (exact) mass is 418 g/mol. The van der Waals surface area contributed by atoms with Gasteiger partial charge in [-0.1, -0.05) is 42.5 Å². The molecule has 4 rings (SSSR count). The highest BCUT2D eigenvalue weighted by molar-refractivity contribution is 5.99. The lowest BCUT2D eigenvalue weighted by molar-refractivity contribution is 0.0927. The number of amides is 2. The molecule has 2 heterocycles. The van der Waals surface area contributed by atoms with Gasteiger partial charge in [-0.2, -0.15) is 0 Å². The standard InChI is InChI=1S/C23H19FN4O3/c1-13-15-8-5-9-17(24)20(15)31-19(13)23(30)26-11-10-18-16(21(25)29)12-27-22(28-18)14-6-3-2-4-7-14/h2-9,12H,10-11H2,1H3,(H2,25,29)(H,26,30). The lowest BCUT2D eigenvalue weighted by atomic mass is 10.1. The molecule has 0 saturated heterocycles. The first-order chi connectivity index (χ1) is 15.0. The first-order valence-electron chi connectivity index (χ1n) is 9.62. The highest BCUT2D eigenvalue weighted by Crippen LogP contribution is 2.27. The molecule has 3 N–H and O–H groups in total. The van der Waals surface area contributed by atoms with Gasteiger partial charge >= 0.3 is 0 Å². The van der Waals surface area contributed by atoms with E-state index in [-0.39, 0.29) is 29.9 Å². The van der Waals surface area contributed by atoms with Crippen molar-refractivity contribution in [3.63, 3.8) is 0 Å². The van der Waals surface area contributed by atoms with E-state index in [1.165, 1.54) is 12.3 Å². The van der Waals surface area contributed by atoms with Crippen LogP contribution in [0.1, 0.15) is 32.2 Å². The maximum Gasteiger partial charge on any atom is 0.287 e. The Balaban J connectivity index is 1.53. The maximum absolute atomic E-state index is 13.9. The Morgan fingerprint density at radius 3 is 2.61 bits per heavy atom. The smallest absolute Gasteiger partial charge is 0.287 e. The van der Waals surface area contributed by atoms with Crippen LogP contribution in [0.3, 0.4) is 0 Å². The number of primary amides is 1. The quantitative estimate of drug-likeness (QED) is 0.498. The minimum absolute atomic E-state index is 0.0443. The third kappa shape index (κ3) is 4.00. The van der Waals surface area contributed by atoms with Gasteiger partial charge in [0, 0.05) is 35.7 Å². The molecule has 0 spiro atoms. The summed E-state index contributed by atoms with van der Waals surface area (Å²) >= 11 is 0. The number of rotatable bonds is 6. The summed E-state index contributed by atoms with van der Waals surface area (Å²) in [5.74, 6) is -1.16. The summed E-state index contributed by atoms with van der Waals surface area (Å²) in [5.41, 5.74) is 7.46. The molecular formula is C23H19FN4O3. The number of hydrogen-bond donors (Lipinski definition) is 2. The van der Waals surface area contributed by atoms with Crippen LogP contribution in [0, 0.1) is 12.7 Å². The second-order valence-electron chi connectivity index (χ2n) is 6.96. The normalized spacial score (nSPS) is 10.9. The number of benzene rings is 2. The summed E-state index contributed by atoms with van der Waals surface area (Å²) in [5, 5.41) is 3.27. The molecule has 0 aliphatic heterocycles. The van der Waals surface area contributed by atoms with Gasteiger partial charge in [0.15, 0.2) is 23.0 Å². The molecule has 0 fully saturated rings. The summed E-state index contributed by atoms with van der Waals surface area (Å²) in [6, 6.07) is 13.8. The zero-order valence-corrected chi connectivity index (χ0v) is 16.7. The molecule has 4 aromatic rings. The minimum atomic E-state index is -0.649. The van der Waals surface area contributed by atoms with Crippen LogP contribution in [0.5, 0.6) is 0 Å². The van der Waals surface area contributed by atoms with E-state index in [9.17, 15) is 14.0 Å². The minimum Gasteiger partial charge on any atom is -0.448 e. The highest BCUT2D eigenvalue weighted by Gasteiger charge is 2.20. The van der Waals surface area contributed by atoms with Crippen molar-refractivity contribution in [2.75, 3.05) is 6.54 Å². The number of furan rings is 1. The molecule has 31 heavy (non-hydrogen) atoms. The van der Waals surface area contributed by atoms with Gasteiger partial charge in [0.05, 0.1) is 11.3 Å². The first kappa shape index (κ1) is 20.2. The van der Waals surface area contributed by atoms with Crippen molar-refractivity contribution in [1.82, 2.24) is 15.3 Å². The fourth-order valence-electron chi connectivity index (χ4n) is 3.34. The zero-order chi connectivity index (χ0) is 22.0. The third-order valence-corrected chi connectivity index (χ3v) is 4.93. The van der Waals surface area contributed by atoms with Gasteiger partial charge in [-0.25, -0.2) is 14.4 Å². The molecule has 0 radical (unpaired) electrons. The molecule has 8 heteroatoms. The number of nitrogens with two attached hydrogens (primary N) is 1. The predicted molar refractivity (Wildman–Crippen MR) is 113 cm³/mol. The number of para-hydroxylation sites is 1. The largest absolute Gasteiger partial charge is 0.448 e. The van der Waals surface area contributed by atoms with Crippen LogP contribution in [0.15, 0.2) is 59.1 Å². The third-order valence-electron chi connectivity index (χ3n) is 4.93. The molecule has 0 aliphatic rings. The van der Waals surface area contributed by atoms with Gasteiger partial charge < -0.3 is 15.5 Å². The molecule has 0 bridgehead atoms. The number of hydrogen-bond acceptors (Lipinski definition) is 5. The Kier molecular flexibility index (Phi) is 5.44. The summed E-state index contributed by atoms with van der Waals surface area (Å²) in [6.45, 7) is 1.87. The molecule has 0 saturated carbocycles. The molecule has 0 atom stereocenters. The van der Waals surface area contributed by atoms with E-state index in [1.54, 1.807) is 19.1 Å². The van der Waals surface area contributed by atoms with Crippen LogP contribution in [-0.2, 0) is 6.42 Å². The van der Waals surface area contributed by atoms with Crippen molar-refractivity contribution in [3.8, 4) is 11.4 Å². The molecule has 2 amide bonds. The number of aryl methyl sites for hydroxylation is 1. The number of nitrogens with one attached hydrogen (secondary N) is 1. The SMILES string of the molecule is Cc1c(C(=O)NCCc2nc(-c3ccccc3)ncc2C(N)=O)oc2c(F)cccc12. The number of carbonyl (C=O) groups is 2. The summed E-state index contributed by atoms with van der Waals surface area (Å²) < 4.78 is 19.4. The Morgan fingerprint density at radius 2 is 1.90 bits per heavy atom. The van der Waals surface area contributed by atoms with E-state index in [4.69, 9.17) is 10.2 Å². The molecular weight excluding hydrogens is 399 g/mol. The fraction of sp³-hybridized carbons (Fsp3) is 0.130. The van der Waals surface area contributed by atoms with Crippen molar-refractivity contribution in [1.29, 1.82) is 0 Å². The lowest BCUT2D eigenvalue weighted by Gasteiger charge is -2.09. The van der Waals surface area contributed by atoms with Crippen LogP contribution in [0.2, 0.25) is 0 Å². The van der Waals surface area contributed by atoms with Gasteiger partial charge in [-0.15, -0.1) is 0 Å². The van der Waals surface area contributed by atoms with Gasteiger partial charge in [0.2, 0.25) is 0 Å². The zero-order valence-electron chi connectivity index (χ0n) is 16.7. The van der Waals surface area contributed by atoms with E-state index < -0.39 is 17.6 Å². The summed E-state index contributed by atoms with van der Waals surface area (Å²) in [6.07, 6.45) is 1.64. The van der Waals surface area contributed by atoms with Gasteiger partial charge in [0.1, 0.15) is 0 Å². The van der Waals surface area contributed by atoms with E-state index in [0.717, 1.165) is 5.56 Å². The van der Waals surface area contributed by atoms with Gasteiger partial charge in [-0.3, -0.25) is 9.59 Å². The molecule has 0 unspecified atom stereocenters. The van der Waals surface area contributed by atoms with Crippen molar-refractivity contribution in [2.45, 2.75) is 13.3 Å². The number of nitrogens with zero attached hydrogens (tertiary/aromatic N) is 2. The van der Waals surface area contributed by atoms with Crippen LogP contribution in [0.4, 0.5) is 4.39 Å². The van der Waals surface area contributed by atoms with Crippen molar-refractivity contribution < 1.29 is 18.4 Å². The van der Waals surface area contributed by atoms with Crippen LogP contribution >= 0.6 is 0 Å². The topological polar surface area (TPSA) is 111 Å². The lowest BCUT2D eigenvalue weighted by Crippen LogP contribution is -2.27. The van der Waals surface area contributed by atoms with E-state index >= 15 is 0 Å². The molecule has 0 aliphatic carbocycles. The van der Waals surface area contributed by atoms with Crippen molar-refractivity contribution >= 4 is 22.8 Å². The van der Waals surface area contributed by atoms with Crippen LogP contribution < -0.4 is 11.1 Å². The molecule has 2 aromatic heterocycles. The van der Waals surface area contributed by atoms with Crippen molar-refractivity contribution in [2.24, 2.45) is 5.73 Å². The number of aromatic nitrogens is 2. The first-order valence-corrected chi connectivity index (χ1v) is 9.62. The van der Waals surface area contributed by atoms with Gasteiger partial charge in [-0.05, 0) is 13.0 Å². The maximum atomic E-state index is 13.9. The van der Waals surface area contributed by atoms with Crippen molar-refractivity contribution in [3.05, 3.63) is 83.1 Å². The average Bonchev–Trinajstić information content (AvgIpc) is 3.12. The Bertz CT molecular complexity index is 1280. The summed E-state index contributed by atoms with van der Waals surface area (Å²) in [4.78, 5) is 33.0. The van der Waals surface area contributed by atoms with Crippen LogP contribution in [-0.4, -0.2) is 28.3 Å². The van der Waals surface area contributed by atoms with E-state index in [1.807, 2.05) is 30.3 Å². The second-order valence-corrected chi connectivity index (χ2v) is 6.96. The van der Waals surface area contributed by atoms with Gasteiger partial charge in [0.25, 0.3) is 11.8 Å². The molecule has 156 valence electrons. The number of carbonyl (C=O) groups excluding carboxylic acids is 2. The Morgan fingerprint density at radius 1 is 1.13 bits per heavy atom. The summed E-state index contributed by atoms with van der Waals surface area (Å²) in [7, 11) is 0. The average molecular weight is 418 g/mol. The Hall–Kier alpha value is -4.07. The number of halogens is 1. The fourth-order valence-corrected chi connectivity index (χ4v) is 3.34. The predicted octanol–water partition coefficient (Wildman–Crippen LogP) is 3.41. The molecule has 2 aromatic carbocycles. The highest BCUT2D eigenvalue weighted by atomic mass is 19.1. The van der Waals surface area contributed by atoms with E-state index in [0.29, 0.717) is 22.5 Å². The van der Waals surface area contributed by atoms with Crippen LogP contribution in [0.25, 0.3) is 22.4 Å². The molecule has 7 nitrogen and oxygen atoms in total. The second kappa shape index (κ2) is 8.35. The Labute approximate surface area is 177 Å².